The second-order valence-corrected chi connectivity index (χ2v) is 29.4. The number of aryl methyl sites for hydroxylation is 14. The van der Waals surface area contributed by atoms with Crippen molar-refractivity contribution < 1.29 is 32.9 Å². The van der Waals surface area contributed by atoms with Gasteiger partial charge in [0, 0.05) is 139 Å². The van der Waals surface area contributed by atoms with Gasteiger partial charge in [0.05, 0.1) is 51.2 Å². The van der Waals surface area contributed by atoms with E-state index in [0.717, 1.165) is 140 Å². The van der Waals surface area contributed by atoms with E-state index in [1.54, 1.807) is 89.7 Å². The monoisotopic (exact) mass is 1700 g/mol. The van der Waals surface area contributed by atoms with E-state index in [1.165, 1.54) is 37.9 Å². The summed E-state index contributed by atoms with van der Waals surface area (Å²) < 4.78 is 178. The minimum Gasteiger partial charge on any atom is -0.256 e. The third-order valence-corrected chi connectivity index (χ3v) is 19.8. The number of aromatic nitrogens is 9. The first-order chi connectivity index (χ1) is 71.5. The van der Waals surface area contributed by atoms with Crippen molar-refractivity contribution in [3.8, 4) is 101 Å². The van der Waals surface area contributed by atoms with Crippen LogP contribution in [0.3, 0.4) is 0 Å². The highest BCUT2D eigenvalue weighted by atomic mass is 14.7. The van der Waals surface area contributed by atoms with Gasteiger partial charge in [0.1, 0.15) is 0 Å². The summed E-state index contributed by atoms with van der Waals surface area (Å²) >= 11 is 0. The van der Waals surface area contributed by atoms with Gasteiger partial charge < -0.3 is 0 Å². The van der Waals surface area contributed by atoms with Crippen molar-refractivity contribution in [1.82, 2.24) is 44.9 Å². The minimum atomic E-state index is -2.09. The topological polar surface area (TPSA) is 116 Å². The molecule has 9 nitrogen and oxygen atoms in total. The zero-order valence-electron chi connectivity index (χ0n) is 97.7. The molecule has 0 aliphatic heterocycles. The molecular formula is C119H121N9. The van der Waals surface area contributed by atoms with Crippen LogP contribution in [-0.4, -0.2) is 44.9 Å². The van der Waals surface area contributed by atoms with E-state index in [0.29, 0.717) is 27.8 Å². The zero-order valence-corrected chi connectivity index (χ0v) is 73.7. The van der Waals surface area contributed by atoms with E-state index in [1.807, 2.05) is 343 Å². The number of hydrogen-bond acceptors (Lipinski definition) is 9. The summed E-state index contributed by atoms with van der Waals surface area (Å²) in [5, 5.41) is 0. The van der Waals surface area contributed by atoms with Gasteiger partial charge >= 0.3 is 0 Å². The highest BCUT2D eigenvalue weighted by molar-refractivity contribution is 5.67. The fraction of sp³-hybridized carbons (Fsp3) is 0.168. The van der Waals surface area contributed by atoms with E-state index in [4.69, 9.17) is 32.9 Å². The lowest BCUT2D eigenvalue weighted by molar-refractivity contribution is 0.859. The van der Waals surface area contributed by atoms with Crippen LogP contribution in [0, 0.1) is 75.8 Å². The Balaban J connectivity index is 0.000000174. The number of nitrogens with zero attached hydrogens (tertiary/aromatic N) is 9. The molecule has 18 aromatic rings. The van der Waals surface area contributed by atoms with E-state index in [-0.39, 0.29) is 16.7 Å². The molecule has 0 N–H and O–H groups in total. The molecule has 128 heavy (non-hydrogen) atoms. The molecule has 9 heterocycles. The maximum absolute atomic E-state index is 7.72. The maximum Gasteiger partial charge on any atom is 0.0731 e. The van der Waals surface area contributed by atoms with Crippen LogP contribution in [0.1, 0.15) is 157 Å². The molecule has 0 aliphatic carbocycles. The van der Waals surface area contributed by atoms with Crippen LogP contribution in [0.25, 0.3) is 101 Å². The quantitative estimate of drug-likeness (QED) is 0.111. The summed E-state index contributed by atoms with van der Waals surface area (Å²) in [5.74, 6) is -0.491. The molecule has 0 saturated carbocycles. The summed E-state index contributed by atoms with van der Waals surface area (Å²) in [6.07, 6.45) is 9.69. The molecular weight excluding hydrogens is 1560 g/mol. The lowest BCUT2D eigenvalue weighted by Crippen LogP contribution is -1.91. The normalized spacial score (nSPS) is 14.1. The number of hydrogen-bond donors (Lipinski definition) is 0. The molecule has 9 heteroatoms. The lowest BCUT2D eigenvalue weighted by Gasteiger charge is -2.05. The lowest BCUT2D eigenvalue weighted by atomic mass is 10.0. The molecule has 0 fully saturated rings. The van der Waals surface area contributed by atoms with Crippen molar-refractivity contribution in [2.45, 2.75) is 135 Å². The summed E-state index contributed by atoms with van der Waals surface area (Å²) in [6, 6.07) is 110. The van der Waals surface area contributed by atoms with E-state index in [9.17, 15) is 0 Å². The van der Waals surface area contributed by atoms with Crippen LogP contribution in [0.4, 0.5) is 0 Å². The highest BCUT2D eigenvalue weighted by Gasteiger charge is 2.09. The molecule has 0 bridgehead atoms. The first-order valence-corrected chi connectivity index (χ1v) is 41.7. The van der Waals surface area contributed by atoms with Crippen LogP contribution < -0.4 is 0 Å². The fourth-order valence-electron chi connectivity index (χ4n) is 12.7. The summed E-state index contributed by atoms with van der Waals surface area (Å²) in [5.41, 5.74) is 26.0. The van der Waals surface area contributed by atoms with Gasteiger partial charge in [-0.25, -0.2) is 0 Å². The molecule has 0 radical (unpaired) electrons. The molecule has 1 atom stereocenters. The van der Waals surface area contributed by atoms with Gasteiger partial charge in [-0.05, 0) is 227 Å². The standard InChI is InChI=1S/3C14H15N.5C13H13N.C12H11N/c1-11(2)13-8-9-14(15-10-13)12-6-4-3-5-7-12;2*1-3-12-10-15-14(9-11(12)2)13-7-5-4-6-8-13;2*1-10-8-13(14-9-11(10)2)12-6-4-3-5-7-12;2*1-10-8-11(2)13(14-9-10)12-6-4-3-5-7-12;1-2-11-8-9-13(14-10-11)12-6-4-3-5-7-12;1-10-7-8-12(13-9-10)11-5-3-2-4-6-11/h3-11H,1-2H3;2*4-10H,3H2,1-2H3;4*3-9H,1-2H3;3-10H,2H2,1H3;2-9H,1H3/i1D3;2*3D2;2*2D3;2*1D3;2D2;1D3. The first kappa shape index (κ1) is 66.8. The molecule has 642 valence electrons. The van der Waals surface area contributed by atoms with Gasteiger partial charge in [0.25, 0.3) is 0 Å². The van der Waals surface area contributed by atoms with Gasteiger partial charge in [-0.1, -0.05) is 338 Å². The van der Waals surface area contributed by atoms with Crippen LogP contribution in [0.2, 0.25) is 0 Å². The Labute approximate surface area is 795 Å². The van der Waals surface area contributed by atoms with Gasteiger partial charge in [0.2, 0.25) is 0 Å². The van der Waals surface area contributed by atoms with Crippen molar-refractivity contribution >= 4 is 0 Å². The Morgan fingerprint density at radius 3 is 0.758 bits per heavy atom. The van der Waals surface area contributed by atoms with E-state index < -0.39 is 66.1 Å². The largest absolute Gasteiger partial charge is 0.256 e. The Kier molecular flexibility index (Phi) is 26.6. The van der Waals surface area contributed by atoms with Crippen molar-refractivity contribution in [2.24, 2.45) is 0 Å². The molecule has 1 unspecified atom stereocenters. The van der Waals surface area contributed by atoms with Crippen molar-refractivity contribution in [3.05, 3.63) is 485 Å². The highest BCUT2D eigenvalue weighted by Crippen LogP contribution is 2.28. The Hall–Kier alpha value is -14.7. The van der Waals surface area contributed by atoms with E-state index >= 15 is 0 Å². The average molecular weight is 1700 g/mol. The summed E-state index contributed by atoms with van der Waals surface area (Å²) in [4.78, 5) is 38.4. The zero-order chi connectivity index (χ0) is 111. The predicted octanol–water partition coefficient (Wildman–Crippen LogP) is 30.9. The van der Waals surface area contributed by atoms with Crippen LogP contribution in [0.5, 0.6) is 0 Å². The van der Waals surface area contributed by atoms with Crippen LogP contribution in [-0.2, 0) is 19.1 Å². The molecule has 0 amide bonds. The van der Waals surface area contributed by atoms with Crippen molar-refractivity contribution in [3.63, 3.8) is 0 Å². The second-order valence-electron chi connectivity index (χ2n) is 29.4. The third kappa shape index (κ3) is 30.3. The number of pyridine rings is 9. The number of benzene rings is 9. The van der Waals surface area contributed by atoms with Crippen molar-refractivity contribution in [1.29, 1.82) is 0 Å². The smallest absolute Gasteiger partial charge is 0.0731 e. The third-order valence-electron chi connectivity index (χ3n) is 19.8. The Morgan fingerprint density at radius 1 is 0.227 bits per heavy atom. The molecule has 9 aromatic heterocycles. The fourth-order valence-corrected chi connectivity index (χ4v) is 12.7. The molecule has 18 rings (SSSR count). The second kappa shape index (κ2) is 50.9. The molecule has 9 aromatic carbocycles. The van der Waals surface area contributed by atoms with Crippen LogP contribution >= 0.6 is 0 Å². The van der Waals surface area contributed by atoms with Crippen LogP contribution in [0.15, 0.2) is 402 Å². The average Bonchev–Trinajstić information content (AvgIpc) is 0.815. The number of rotatable bonds is 13. The van der Waals surface area contributed by atoms with E-state index in [2.05, 4.69) is 44.9 Å². The Bertz CT molecular complexity index is 6720. The predicted molar refractivity (Wildman–Crippen MR) is 541 cm³/mol. The molecule has 0 spiro atoms. The summed E-state index contributed by atoms with van der Waals surface area (Å²) in [6.45, 7) is 5.13. The van der Waals surface area contributed by atoms with Gasteiger partial charge in [-0.15, -0.1) is 0 Å². The summed E-state index contributed by atoms with van der Waals surface area (Å²) in [7, 11) is 0. The Morgan fingerprint density at radius 2 is 0.508 bits per heavy atom. The first-order valence-electron chi connectivity index (χ1n) is 53.7. The molecule has 0 saturated heterocycles. The van der Waals surface area contributed by atoms with Gasteiger partial charge in [-0.3, -0.25) is 44.9 Å². The SMILES string of the molecule is [2H]C([2H])(C)c1ccc(-c2ccccc2)nc1.[2H]C([2H])(C)c1cnc(-c2ccccc2)cc1C.[2H]C([2H])(C)c1cnc(-c2ccccc2)cc1C.[2H]C([2H])([2H])C(C)c1ccc(-c2ccccc2)nc1.[2H]C([2H])([2H])c1ccc(-c2ccccc2)nc1.[2H]C([2H])([2H])c1cnc(-c2ccccc2)c(C)c1.[2H]C([2H])([2H])c1cnc(-c2ccccc2)c(C)c1.[2H]C([2H])([2H])c1cnc(-c2ccccc2)cc1C.[2H]C([2H])([2H])c1cnc(-c2ccccc2)cc1C. The van der Waals surface area contributed by atoms with Crippen molar-refractivity contribution in [2.75, 3.05) is 0 Å². The van der Waals surface area contributed by atoms with Gasteiger partial charge in [-0.2, -0.15) is 0 Å². The maximum atomic E-state index is 7.72. The minimum absolute atomic E-state index is 0.271. The van der Waals surface area contributed by atoms with Gasteiger partial charge in [0.15, 0.2) is 0 Å². The molecule has 0 aliphatic rings.